The lowest BCUT2D eigenvalue weighted by molar-refractivity contribution is -0.379. The zero-order valence-corrected chi connectivity index (χ0v) is 46.9. The van der Waals surface area contributed by atoms with E-state index in [9.17, 15) is 61.0 Å². The maximum absolute atomic E-state index is 13.3. The average Bonchev–Trinajstić information content (AvgIpc) is 3.43. The van der Waals surface area contributed by atoms with Crippen LogP contribution < -0.4 is 5.32 Å². The maximum Gasteiger partial charge on any atom is 0.220 e. The second-order valence-corrected chi connectivity index (χ2v) is 21.8. The molecule has 0 bridgehead atoms. The van der Waals surface area contributed by atoms with Gasteiger partial charge < -0.3 is 89.9 Å². The lowest BCUT2D eigenvalue weighted by Gasteiger charge is -2.48. The summed E-state index contributed by atoms with van der Waals surface area (Å²) in [6.45, 7) is 1.70. The Hall–Kier alpha value is -1.73. The molecule has 0 aliphatic carbocycles. The lowest BCUT2D eigenvalue weighted by atomic mass is 9.96. The first-order valence-corrected chi connectivity index (χ1v) is 30.1. The molecule has 17 atom stereocenters. The summed E-state index contributed by atoms with van der Waals surface area (Å²) in [5.74, 6) is -0.285. The number of hydrogen-bond acceptors (Lipinski definition) is 18. The average molecular weight is 1110 g/mol. The molecule has 17 unspecified atom stereocenters. The van der Waals surface area contributed by atoms with Crippen LogP contribution in [-0.2, 0) is 33.2 Å². The second kappa shape index (κ2) is 42.1. The van der Waals surface area contributed by atoms with Gasteiger partial charge >= 0.3 is 0 Å². The van der Waals surface area contributed by atoms with Gasteiger partial charge in [-0.15, -0.1) is 0 Å². The number of nitrogens with one attached hydrogen (secondary N) is 1. The van der Waals surface area contributed by atoms with E-state index in [1.54, 1.807) is 6.08 Å². The summed E-state index contributed by atoms with van der Waals surface area (Å²) in [4.78, 5) is 13.3. The van der Waals surface area contributed by atoms with Gasteiger partial charge in [-0.2, -0.15) is 0 Å². The third-order valence-electron chi connectivity index (χ3n) is 15.2. The zero-order valence-electron chi connectivity index (χ0n) is 46.9. The molecule has 0 aromatic rings. The zero-order chi connectivity index (χ0) is 56.2. The Bertz CT molecular complexity index is 1510. The Kier molecular flexibility index (Phi) is 38.1. The first-order chi connectivity index (χ1) is 37.3. The molecule has 0 spiro atoms. The van der Waals surface area contributed by atoms with E-state index in [4.69, 9.17) is 28.4 Å². The highest BCUT2D eigenvalue weighted by Crippen LogP contribution is 2.33. The number of unbranched alkanes of at least 4 members (excludes halogenated alkanes) is 26. The van der Waals surface area contributed by atoms with Crippen LogP contribution in [0.4, 0.5) is 0 Å². The first-order valence-electron chi connectivity index (χ1n) is 30.1. The Labute approximate surface area is 460 Å². The first kappa shape index (κ1) is 69.5. The minimum absolute atomic E-state index is 0.234. The summed E-state index contributed by atoms with van der Waals surface area (Å²) in [5.41, 5.74) is 0. The molecule has 77 heavy (non-hydrogen) atoms. The number of hydrogen-bond donors (Lipinski definition) is 12. The van der Waals surface area contributed by atoms with E-state index in [1.165, 1.54) is 116 Å². The molecule has 3 rings (SSSR count). The number of carbonyl (C=O) groups excluding carboxylic acids is 1. The molecule has 0 saturated carbocycles. The van der Waals surface area contributed by atoms with E-state index >= 15 is 0 Å². The number of carbonyl (C=O) groups is 1. The predicted molar refractivity (Wildman–Crippen MR) is 291 cm³/mol. The molecule has 3 saturated heterocycles. The second-order valence-electron chi connectivity index (χ2n) is 21.8. The summed E-state index contributed by atoms with van der Waals surface area (Å²) in [5, 5.41) is 120. The fraction of sp³-hybridized carbons (Fsp3) is 0.914. The van der Waals surface area contributed by atoms with Crippen molar-refractivity contribution in [3.63, 3.8) is 0 Å². The van der Waals surface area contributed by atoms with Crippen molar-refractivity contribution in [1.82, 2.24) is 5.32 Å². The number of rotatable bonds is 44. The Balaban J connectivity index is 1.51. The molecule has 452 valence electrons. The summed E-state index contributed by atoms with van der Waals surface area (Å²) in [7, 11) is 0. The van der Waals surface area contributed by atoms with Crippen molar-refractivity contribution >= 4 is 5.91 Å². The number of aliphatic hydroxyl groups excluding tert-OH is 11. The molecule has 1 amide bonds. The van der Waals surface area contributed by atoms with Crippen LogP contribution in [0.1, 0.15) is 206 Å². The van der Waals surface area contributed by atoms with Crippen molar-refractivity contribution in [2.24, 2.45) is 0 Å². The van der Waals surface area contributed by atoms with E-state index in [-0.39, 0.29) is 18.9 Å². The van der Waals surface area contributed by atoms with Crippen molar-refractivity contribution in [1.29, 1.82) is 0 Å². The van der Waals surface area contributed by atoms with Crippen molar-refractivity contribution < 1.29 is 89.4 Å². The van der Waals surface area contributed by atoms with Gasteiger partial charge in [0.1, 0.15) is 73.2 Å². The van der Waals surface area contributed by atoms with Crippen LogP contribution in [0.15, 0.2) is 24.3 Å². The molecule has 19 nitrogen and oxygen atoms in total. The van der Waals surface area contributed by atoms with Gasteiger partial charge in [0, 0.05) is 6.42 Å². The molecule has 0 aromatic carbocycles. The standard InChI is InChI=1S/C58H107NO18/c1-3-5-7-9-11-13-15-17-18-19-20-21-22-24-25-27-29-31-33-35-42(63)41(59-46(64)36-34-32-30-28-26-23-16-14-12-10-8-6-4-2)40-72-56-52(70)49(67)54(44(38-61)74-56)77-58-53(71)50(68)55(45(39-62)75-58)76-57-51(69)48(66)47(65)43(37-60)73-57/h14,16,33,35,41-45,47-58,60-63,65-71H,3-13,15,17-32,34,36-40H2,1-2H3,(H,59,64)/b16-14-,35-33+. The van der Waals surface area contributed by atoms with Gasteiger partial charge in [0.05, 0.1) is 38.6 Å². The number of amides is 1. The van der Waals surface area contributed by atoms with E-state index < -0.39 is 124 Å². The summed E-state index contributed by atoms with van der Waals surface area (Å²) >= 11 is 0. The molecular formula is C58H107NO18. The smallest absolute Gasteiger partial charge is 0.220 e. The molecular weight excluding hydrogens is 999 g/mol. The lowest BCUT2D eigenvalue weighted by Crippen LogP contribution is -2.66. The molecule has 3 heterocycles. The van der Waals surface area contributed by atoms with Gasteiger partial charge in [-0.25, -0.2) is 0 Å². The van der Waals surface area contributed by atoms with Crippen LogP contribution in [-0.4, -0.2) is 193 Å². The maximum atomic E-state index is 13.3. The van der Waals surface area contributed by atoms with Crippen LogP contribution in [0.5, 0.6) is 0 Å². The predicted octanol–water partition coefficient (Wildman–Crippen LogP) is 5.15. The topological polar surface area (TPSA) is 307 Å². The van der Waals surface area contributed by atoms with Crippen molar-refractivity contribution in [2.75, 3.05) is 26.4 Å². The van der Waals surface area contributed by atoms with Crippen LogP contribution in [0, 0.1) is 0 Å². The summed E-state index contributed by atoms with van der Waals surface area (Å²) < 4.78 is 34.2. The molecule has 0 radical (unpaired) electrons. The Morgan fingerprint density at radius 2 is 0.818 bits per heavy atom. The highest BCUT2D eigenvalue weighted by Gasteiger charge is 2.53. The van der Waals surface area contributed by atoms with E-state index in [0.29, 0.717) is 6.42 Å². The normalized spacial score (nSPS) is 30.8. The van der Waals surface area contributed by atoms with Crippen LogP contribution in [0.2, 0.25) is 0 Å². The quantitative estimate of drug-likeness (QED) is 0.0277. The van der Waals surface area contributed by atoms with Gasteiger partial charge in [-0.05, 0) is 44.9 Å². The van der Waals surface area contributed by atoms with Gasteiger partial charge in [0.25, 0.3) is 0 Å². The molecule has 3 fully saturated rings. The van der Waals surface area contributed by atoms with Gasteiger partial charge in [-0.3, -0.25) is 4.79 Å². The Morgan fingerprint density at radius 1 is 0.455 bits per heavy atom. The van der Waals surface area contributed by atoms with Gasteiger partial charge in [-0.1, -0.05) is 179 Å². The van der Waals surface area contributed by atoms with E-state index in [2.05, 4.69) is 31.3 Å². The van der Waals surface area contributed by atoms with Crippen molar-refractivity contribution in [3.8, 4) is 0 Å². The highest BCUT2D eigenvalue weighted by molar-refractivity contribution is 5.76. The molecule has 3 aliphatic rings. The summed E-state index contributed by atoms with van der Waals surface area (Å²) in [6, 6.07) is -0.974. The van der Waals surface area contributed by atoms with Crippen LogP contribution in [0.3, 0.4) is 0 Å². The minimum Gasteiger partial charge on any atom is -0.394 e. The van der Waals surface area contributed by atoms with Crippen LogP contribution in [0.25, 0.3) is 0 Å². The Morgan fingerprint density at radius 3 is 1.27 bits per heavy atom. The van der Waals surface area contributed by atoms with Crippen LogP contribution >= 0.6 is 0 Å². The highest BCUT2D eigenvalue weighted by atomic mass is 16.8. The molecule has 0 aromatic heterocycles. The fourth-order valence-corrected chi connectivity index (χ4v) is 10.2. The number of allylic oxidation sites excluding steroid dienone is 3. The molecule has 12 N–H and O–H groups in total. The monoisotopic (exact) mass is 1110 g/mol. The van der Waals surface area contributed by atoms with Gasteiger partial charge in [0.15, 0.2) is 18.9 Å². The third kappa shape index (κ3) is 26.4. The van der Waals surface area contributed by atoms with E-state index in [0.717, 1.165) is 64.2 Å². The summed E-state index contributed by atoms with van der Waals surface area (Å²) in [6.07, 6.45) is 15.9. The van der Waals surface area contributed by atoms with E-state index in [1.807, 2.05) is 6.08 Å². The SMILES string of the molecule is CCCCCC/C=C\CCCCCCCC(=O)NC(COC1OC(CO)C(OC2OC(CO)C(OC3OC(CO)C(O)C(O)C3O)C(O)C2O)C(O)C1O)C(O)/C=C/CCCCCCCCCCCCCCCCCCC. The largest absolute Gasteiger partial charge is 0.394 e. The van der Waals surface area contributed by atoms with Crippen molar-refractivity contribution in [2.45, 2.75) is 311 Å². The number of aliphatic hydroxyl groups is 11. The number of ether oxygens (including phenoxy) is 6. The molecule has 3 aliphatic heterocycles. The third-order valence-corrected chi connectivity index (χ3v) is 15.2. The fourth-order valence-electron chi connectivity index (χ4n) is 10.2. The van der Waals surface area contributed by atoms with Crippen molar-refractivity contribution in [3.05, 3.63) is 24.3 Å². The minimum atomic E-state index is -1.98. The molecule has 19 heteroatoms. The van der Waals surface area contributed by atoms with Gasteiger partial charge in [0.2, 0.25) is 5.91 Å².